The van der Waals surface area contributed by atoms with Gasteiger partial charge in [0.2, 0.25) is 5.91 Å². The summed E-state index contributed by atoms with van der Waals surface area (Å²) in [4.78, 5) is 17.6. The zero-order valence-electron chi connectivity index (χ0n) is 19.4. The third-order valence-corrected chi connectivity index (χ3v) is 6.12. The predicted octanol–water partition coefficient (Wildman–Crippen LogP) is 5.08. The molecule has 2 heterocycles. The summed E-state index contributed by atoms with van der Waals surface area (Å²) in [5, 5.41) is 7.75. The zero-order chi connectivity index (χ0) is 23.5. The van der Waals surface area contributed by atoms with E-state index >= 15 is 0 Å². The van der Waals surface area contributed by atoms with Crippen molar-refractivity contribution in [3.63, 3.8) is 0 Å². The maximum Gasteiger partial charge on any atom is 0.220 e. The van der Waals surface area contributed by atoms with Gasteiger partial charge in [-0.2, -0.15) is 5.10 Å². The van der Waals surface area contributed by atoms with E-state index in [4.69, 9.17) is 4.98 Å². The van der Waals surface area contributed by atoms with Gasteiger partial charge in [-0.15, -0.1) is 0 Å². The van der Waals surface area contributed by atoms with E-state index in [-0.39, 0.29) is 5.91 Å². The number of carbonyl (C=O) groups is 1. The smallest absolute Gasteiger partial charge is 0.220 e. The molecule has 0 unspecified atom stereocenters. The summed E-state index contributed by atoms with van der Waals surface area (Å²) in [6.45, 7) is 4.48. The van der Waals surface area contributed by atoms with Crippen LogP contribution >= 0.6 is 0 Å². The SMILES string of the molecule is Cc1nn(-c2ccccc2)c(C)c1CNC(=O)CCc1nc2ccccc2n1-c1ccccc1. The summed E-state index contributed by atoms with van der Waals surface area (Å²) in [5.41, 5.74) is 7.05. The van der Waals surface area contributed by atoms with Gasteiger partial charge in [-0.25, -0.2) is 9.67 Å². The van der Waals surface area contributed by atoms with Crippen LogP contribution in [-0.2, 0) is 17.8 Å². The Labute approximate surface area is 198 Å². The molecule has 5 rings (SSSR count). The molecule has 0 radical (unpaired) electrons. The molecule has 0 bridgehead atoms. The second-order valence-corrected chi connectivity index (χ2v) is 8.36. The van der Waals surface area contributed by atoms with Gasteiger partial charge in [0.15, 0.2) is 0 Å². The molecule has 1 amide bonds. The number of benzene rings is 3. The Morgan fingerprint density at radius 2 is 1.50 bits per heavy atom. The van der Waals surface area contributed by atoms with Gasteiger partial charge >= 0.3 is 0 Å². The summed E-state index contributed by atoms with van der Waals surface area (Å²) in [7, 11) is 0. The second-order valence-electron chi connectivity index (χ2n) is 8.36. The van der Waals surface area contributed by atoms with Crippen LogP contribution in [-0.4, -0.2) is 25.2 Å². The summed E-state index contributed by atoms with van der Waals surface area (Å²) in [6, 6.07) is 28.3. The number of fused-ring (bicyclic) bond motifs is 1. The van der Waals surface area contributed by atoms with Gasteiger partial charge in [-0.3, -0.25) is 9.36 Å². The first kappa shape index (κ1) is 21.6. The zero-order valence-corrected chi connectivity index (χ0v) is 19.4. The average Bonchev–Trinajstić information content (AvgIpc) is 3.39. The molecular formula is C28H27N5O. The summed E-state index contributed by atoms with van der Waals surface area (Å²) >= 11 is 0. The average molecular weight is 450 g/mol. The molecule has 0 saturated carbocycles. The molecule has 0 fully saturated rings. The van der Waals surface area contributed by atoms with Crippen LogP contribution in [0.1, 0.15) is 29.2 Å². The largest absolute Gasteiger partial charge is 0.352 e. The molecule has 3 aromatic carbocycles. The van der Waals surface area contributed by atoms with Gasteiger partial charge in [0.1, 0.15) is 5.82 Å². The van der Waals surface area contributed by atoms with Crippen molar-refractivity contribution in [3.8, 4) is 11.4 Å². The fourth-order valence-electron chi connectivity index (χ4n) is 4.36. The quantitative estimate of drug-likeness (QED) is 0.377. The maximum absolute atomic E-state index is 12.8. The van der Waals surface area contributed by atoms with Gasteiger partial charge < -0.3 is 5.32 Å². The summed E-state index contributed by atoms with van der Waals surface area (Å²) < 4.78 is 4.07. The number of carbonyl (C=O) groups excluding carboxylic acids is 1. The van der Waals surface area contributed by atoms with E-state index in [0.29, 0.717) is 19.4 Å². The van der Waals surface area contributed by atoms with Crippen LogP contribution in [0.2, 0.25) is 0 Å². The van der Waals surface area contributed by atoms with Crippen LogP contribution in [0.15, 0.2) is 84.9 Å². The third-order valence-electron chi connectivity index (χ3n) is 6.12. The van der Waals surface area contributed by atoms with Gasteiger partial charge in [0.25, 0.3) is 0 Å². The maximum atomic E-state index is 12.8. The fourth-order valence-corrected chi connectivity index (χ4v) is 4.36. The Hall–Kier alpha value is -4.19. The van der Waals surface area contributed by atoms with Gasteiger partial charge in [-0.05, 0) is 50.2 Å². The van der Waals surface area contributed by atoms with E-state index in [1.54, 1.807) is 0 Å². The van der Waals surface area contributed by atoms with Crippen molar-refractivity contribution in [1.82, 2.24) is 24.6 Å². The first-order valence-corrected chi connectivity index (χ1v) is 11.5. The number of rotatable bonds is 7. The number of hydrogen-bond donors (Lipinski definition) is 1. The van der Waals surface area contributed by atoms with E-state index < -0.39 is 0 Å². The summed E-state index contributed by atoms with van der Waals surface area (Å²) in [5.74, 6) is 0.879. The number of nitrogens with zero attached hydrogens (tertiary/aromatic N) is 4. The minimum atomic E-state index is -0.00192. The third kappa shape index (κ3) is 4.22. The van der Waals surface area contributed by atoms with Crippen LogP contribution in [0.5, 0.6) is 0 Å². The molecule has 5 aromatic rings. The molecule has 0 saturated heterocycles. The number of nitrogens with one attached hydrogen (secondary N) is 1. The van der Waals surface area contributed by atoms with Gasteiger partial charge in [-0.1, -0.05) is 48.5 Å². The lowest BCUT2D eigenvalue weighted by Gasteiger charge is -2.10. The monoisotopic (exact) mass is 449 g/mol. The van der Waals surface area contributed by atoms with Crippen molar-refractivity contribution in [1.29, 1.82) is 0 Å². The van der Waals surface area contributed by atoms with Crippen LogP contribution in [0.25, 0.3) is 22.4 Å². The van der Waals surface area contributed by atoms with Crippen molar-refractivity contribution in [2.24, 2.45) is 0 Å². The van der Waals surface area contributed by atoms with Crippen LogP contribution < -0.4 is 5.32 Å². The first-order valence-electron chi connectivity index (χ1n) is 11.5. The Morgan fingerprint density at radius 1 is 0.853 bits per heavy atom. The molecule has 6 nitrogen and oxygen atoms in total. The van der Waals surface area contributed by atoms with E-state index in [1.807, 2.05) is 85.3 Å². The Kier molecular flexibility index (Phi) is 5.95. The van der Waals surface area contributed by atoms with Crippen LogP contribution in [0, 0.1) is 13.8 Å². The molecule has 0 aliphatic rings. The predicted molar refractivity (Wildman–Crippen MR) is 134 cm³/mol. The lowest BCUT2D eigenvalue weighted by Crippen LogP contribution is -2.24. The van der Waals surface area contributed by atoms with Crippen molar-refractivity contribution in [2.75, 3.05) is 0 Å². The number of para-hydroxylation sites is 4. The molecule has 0 atom stereocenters. The van der Waals surface area contributed by atoms with Crippen molar-refractivity contribution < 1.29 is 4.79 Å². The molecule has 6 heteroatoms. The fraction of sp³-hybridized carbons (Fsp3) is 0.179. The minimum Gasteiger partial charge on any atom is -0.352 e. The van der Waals surface area contributed by atoms with E-state index in [0.717, 1.165) is 45.2 Å². The first-order chi connectivity index (χ1) is 16.6. The molecule has 0 spiro atoms. The Balaban J connectivity index is 1.30. The van der Waals surface area contributed by atoms with Crippen molar-refractivity contribution in [2.45, 2.75) is 33.2 Å². The number of amides is 1. The van der Waals surface area contributed by atoms with Crippen LogP contribution in [0.3, 0.4) is 0 Å². The van der Waals surface area contributed by atoms with Gasteiger partial charge in [0.05, 0.1) is 22.4 Å². The number of hydrogen-bond acceptors (Lipinski definition) is 3. The molecule has 1 N–H and O–H groups in total. The second kappa shape index (κ2) is 9.35. The highest BCUT2D eigenvalue weighted by atomic mass is 16.1. The molecule has 170 valence electrons. The lowest BCUT2D eigenvalue weighted by atomic mass is 10.2. The number of imidazole rings is 1. The molecule has 0 aliphatic carbocycles. The minimum absolute atomic E-state index is 0.00192. The lowest BCUT2D eigenvalue weighted by molar-refractivity contribution is -0.121. The van der Waals surface area contributed by atoms with E-state index in [9.17, 15) is 4.79 Å². The van der Waals surface area contributed by atoms with Crippen LogP contribution in [0.4, 0.5) is 0 Å². The van der Waals surface area contributed by atoms with Crippen molar-refractivity contribution >= 4 is 16.9 Å². The number of aryl methyl sites for hydroxylation is 2. The number of aromatic nitrogens is 4. The highest BCUT2D eigenvalue weighted by Gasteiger charge is 2.16. The highest BCUT2D eigenvalue weighted by molar-refractivity contribution is 5.79. The molecule has 2 aromatic heterocycles. The molecule has 34 heavy (non-hydrogen) atoms. The van der Waals surface area contributed by atoms with E-state index in [1.165, 1.54) is 0 Å². The molecular weight excluding hydrogens is 422 g/mol. The normalized spacial score (nSPS) is 11.1. The topological polar surface area (TPSA) is 64.7 Å². The Morgan fingerprint density at radius 3 is 2.24 bits per heavy atom. The van der Waals surface area contributed by atoms with Gasteiger partial charge in [0, 0.05) is 36.3 Å². The highest BCUT2D eigenvalue weighted by Crippen LogP contribution is 2.22. The van der Waals surface area contributed by atoms with Crippen molar-refractivity contribution in [3.05, 3.63) is 108 Å². The standard InChI is InChI=1S/C28H27N5O/c1-20-24(21(2)33(31-20)23-13-7-4-8-14-23)19-29-28(34)18-17-27-30-25-15-9-10-16-26(25)32(27)22-11-5-3-6-12-22/h3-16H,17-19H2,1-2H3,(H,29,34). The summed E-state index contributed by atoms with van der Waals surface area (Å²) in [6.07, 6.45) is 0.914. The Bertz CT molecular complexity index is 1430. The molecule has 0 aliphatic heterocycles. The van der Waals surface area contributed by atoms with E-state index in [2.05, 4.69) is 33.2 Å².